The van der Waals surface area contributed by atoms with Crippen LogP contribution in [0.4, 0.5) is 0 Å². The smallest absolute Gasteiger partial charge is 0.355 e. The van der Waals surface area contributed by atoms with Crippen molar-refractivity contribution in [3.63, 3.8) is 0 Å². The molecular formula is C30H20Cl2N2O4S. The maximum Gasteiger partial charge on any atom is 0.355 e. The monoisotopic (exact) mass is 574 g/mol. The topological polar surface area (TPSA) is 77.0 Å². The Labute approximate surface area is 238 Å². The number of hydrogen-bond donors (Lipinski definition) is 1. The summed E-state index contributed by atoms with van der Waals surface area (Å²) in [5.74, 6) is -0.225. The number of hydrogen-bond acceptors (Lipinski definition) is 6. The van der Waals surface area contributed by atoms with Crippen molar-refractivity contribution in [1.29, 1.82) is 0 Å². The number of nitrogens with zero attached hydrogens (tertiary/aromatic N) is 1. The molecule has 1 N–H and O–H groups in total. The third-order valence-corrected chi connectivity index (χ3v) is 7.52. The summed E-state index contributed by atoms with van der Waals surface area (Å²) in [6.07, 6.45) is 1.46. The van der Waals surface area contributed by atoms with E-state index in [0.717, 1.165) is 15.6 Å². The first-order chi connectivity index (χ1) is 19.0. The van der Waals surface area contributed by atoms with E-state index >= 15 is 0 Å². The van der Waals surface area contributed by atoms with Crippen LogP contribution in [0.1, 0.15) is 31.2 Å². The molecule has 0 aliphatic rings. The molecule has 39 heavy (non-hydrogen) atoms. The predicted octanol–water partition coefficient (Wildman–Crippen LogP) is 7.77. The van der Waals surface area contributed by atoms with Crippen molar-refractivity contribution in [2.75, 3.05) is 0 Å². The van der Waals surface area contributed by atoms with Gasteiger partial charge in [0.05, 0.1) is 16.8 Å². The quantitative estimate of drug-likeness (QED) is 0.0888. The number of rotatable bonds is 8. The summed E-state index contributed by atoms with van der Waals surface area (Å²) in [5.41, 5.74) is 4.39. The molecule has 1 heterocycles. The highest BCUT2D eigenvalue weighted by Crippen LogP contribution is 2.35. The maximum absolute atomic E-state index is 12.8. The third-order valence-electron chi connectivity index (χ3n) is 5.61. The largest absolute Gasteiger partial charge is 0.488 e. The van der Waals surface area contributed by atoms with E-state index in [9.17, 15) is 9.59 Å². The van der Waals surface area contributed by atoms with Crippen LogP contribution in [0, 0.1) is 0 Å². The second-order valence-corrected chi connectivity index (χ2v) is 10.2. The van der Waals surface area contributed by atoms with E-state index in [4.69, 9.17) is 32.7 Å². The molecule has 4 aromatic carbocycles. The molecule has 6 nitrogen and oxygen atoms in total. The van der Waals surface area contributed by atoms with Gasteiger partial charge in [-0.25, -0.2) is 10.2 Å². The van der Waals surface area contributed by atoms with Crippen molar-refractivity contribution in [3.05, 3.63) is 129 Å². The van der Waals surface area contributed by atoms with Crippen molar-refractivity contribution >= 4 is 62.7 Å². The fraction of sp³-hybridized carbons (Fsp3) is 0.0333. The van der Waals surface area contributed by atoms with E-state index < -0.39 is 11.9 Å². The second kappa shape index (κ2) is 12.1. The number of esters is 1. The molecule has 0 spiro atoms. The van der Waals surface area contributed by atoms with Gasteiger partial charge in [-0.2, -0.15) is 5.10 Å². The first kappa shape index (κ1) is 26.4. The standard InChI is InChI=1S/C30H20Cl2N2O4S/c31-21-14-12-19(13-15-21)18-37-25-10-3-1-8-23(25)29(35)34-33-17-20-6-5-7-22(16-20)38-30(36)28-27(32)24-9-2-4-11-26(24)39-28/h1-17H,18H2,(H,34,35)/b33-17-. The molecule has 0 unspecified atom stereocenters. The molecule has 0 bridgehead atoms. The Kier molecular flexibility index (Phi) is 8.22. The summed E-state index contributed by atoms with van der Waals surface area (Å²) >= 11 is 13.6. The van der Waals surface area contributed by atoms with Gasteiger partial charge in [0, 0.05) is 15.1 Å². The lowest BCUT2D eigenvalue weighted by atomic mass is 10.2. The molecular weight excluding hydrogens is 555 g/mol. The van der Waals surface area contributed by atoms with Crippen LogP contribution in [0.15, 0.2) is 102 Å². The first-order valence-corrected chi connectivity index (χ1v) is 13.3. The number of nitrogens with one attached hydrogen (secondary N) is 1. The summed E-state index contributed by atoms with van der Waals surface area (Å²) in [5, 5.41) is 5.88. The Bertz CT molecular complexity index is 1680. The van der Waals surface area contributed by atoms with Crippen molar-refractivity contribution < 1.29 is 19.1 Å². The van der Waals surface area contributed by atoms with E-state index in [0.29, 0.717) is 37.5 Å². The predicted molar refractivity (Wildman–Crippen MR) is 156 cm³/mol. The van der Waals surface area contributed by atoms with E-state index in [1.165, 1.54) is 17.6 Å². The molecule has 5 rings (SSSR count). The third kappa shape index (κ3) is 6.46. The number of carbonyl (C=O) groups is 2. The number of para-hydroxylation sites is 1. The Morgan fingerprint density at radius 2 is 1.67 bits per heavy atom. The van der Waals surface area contributed by atoms with Crippen LogP contribution in [-0.4, -0.2) is 18.1 Å². The van der Waals surface area contributed by atoms with Crippen molar-refractivity contribution in [2.24, 2.45) is 5.10 Å². The van der Waals surface area contributed by atoms with Crippen LogP contribution in [0.3, 0.4) is 0 Å². The van der Waals surface area contributed by atoms with Crippen molar-refractivity contribution in [3.8, 4) is 11.5 Å². The van der Waals surface area contributed by atoms with Gasteiger partial charge < -0.3 is 9.47 Å². The fourth-order valence-electron chi connectivity index (χ4n) is 3.70. The molecule has 0 radical (unpaired) electrons. The van der Waals surface area contributed by atoms with Gasteiger partial charge in [0.1, 0.15) is 23.0 Å². The first-order valence-electron chi connectivity index (χ1n) is 11.8. The highest BCUT2D eigenvalue weighted by atomic mass is 35.5. The van der Waals surface area contributed by atoms with Gasteiger partial charge in [0.25, 0.3) is 5.91 Å². The zero-order valence-electron chi connectivity index (χ0n) is 20.3. The second-order valence-electron chi connectivity index (χ2n) is 8.31. The van der Waals surface area contributed by atoms with Gasteiger partial charge >= 0.3 is 5.97 Å². The summed E-state index contributed by atoms with van der Waals surface area (Å²) < 4.78 is 12.3. The number of halogens is 2. The van der Waals surface area contributed by atoms with E-state index in [1.807, 2.05) is 36.4 Å². The fourth-order valence-corrected chi connectivity index (χ4v) is 5.22. The average Bonchev–Trinajstić information content (AvgIpc) is 3.29. The van der Waals surface area contributed by atoms with Gasteiger partial charge in [-0.05, 0) is 53.6 Å². The van der Waals surface area contributed by atoms with Gasteiger partial charge in [0.2, 0.25) is 0 Å². The van der Waals surface area contributed by atoms with Gasteiger partial charge in [0.15, 0.2) is 0 Å². The van der Waals surface area contributed by atoms with Gasteiger partial charge in [-0.15, -0.1) is 11.3 Å². The lowest BCUT2D eigenvalue weighted by Crippen LogP contribution is -2.18. The molecule has 194 valence electrons. The zero-order valence-corrected chi connectivity index (χ0v) is 22.6. The number of thiophene rings is 1. The van der Waals surface area contributed by atoms with Crippen LogP contribution in [0.5, 0.6) is 11.5 Å². The minimum absolute atomic E-state index is 0.281. The molecule has 1 aromatic heterocycles. The van der Waals surface area contributed by atoms with Crippen LogP contribution in [0.2, 0.25) is 10.0 Å². The Hall–Kier alpha value is -4.17. The van der Waals surface area contributed by atoms with Crippen LogP contribution in [0.25, 0.3) is 10.1 Å². The van der Waals surface area contributed by atoms with E-state index in [1.54, 1.807) is 60.7 Å². The normalized spacial score (nSPS) is 11.0. The minimum Gasteiger partial charge on any atom is -0.488 e. The maximum atomic E-state index is 12.8. The lowest BCUT2D eigenvalue weighted by molar-refractivity contribution is 0.0739. The molecule has 0 fully saturated rings. The Morgan fingerprint density at radius 1 is 0.897 bits per heavy atom. The number of fused-ring (bicyclic) bond motifs is 1. The van der Waals surface area contributed by atoms with E-state index in [2.05, 4.69) is 10.5 Å². The molecule has 0 atom stereocenters. The lowest BCUT2D eigenvalue weighted by Gasteiger charge is -2.10. The SMILES string of the molecule is O=C(N/N=C\c1cccc(OC(=O)c2sc3ccccc3c2Cl)c1)c1ccccc1OCc1ccc(Cl)cc1. The summed E-state index contributed by atoms with van der Waals surface area (Å²) in [6.45, 7) is 0.281. The number of ether oxygens (including phenoxy) is 2. The van der Waals surface area contributed by atoms with Crippen LogP contribution in [-0.2, 0) is 6.61 Å². The highest BCUT2D eigenvalue weighted by molar-refractivity contribution is 7.21. The summed E-state index contributed by atoms with van der Waals surface area (Å²) in [4.78, 5) is 25.9. The minimum atomic E-state index is -0.543. The van der Waals surface area contributed by atoms with Crippen molar-refractivity contribution in [2.45, 2.75) is 6.61 Å². The van der Waals surface area contributed by atoms with Crippen molar-refractivity contribution in [1.82, 2.24) is 5.43 Å². The summed E-state index contributed by atoms with van der Waals surface area (Å²) in [7, 11) is 0. The molecule has 0 aliphatic heterocycles. The number of hydrazone groups is 1. The van der Waals surface area contributed by atoms with E-state index in [-0.39, 0.29) is 6.61 Å². The molecule has 1 amide bonds. The molecule has 9 heteroatoms. The number of carbonyl (C=O) groups excluding carboxylic acids is 2. The molecule has 0 saturated carbocycles. The van der Waals surface area contributed by atoms with Gasteiger partial charge in [-0.3, -0.25) is 4.79 Å². The van der Waals surface area contributed by atoms with Crippen LogP contribution < -0.4 is 14.9 Å². The average molecular weight is 575 g/mol. The van der Waals surface area contributed by atoms with Crippen LogP contribution >= 0.6 is 34.5 Å². The molecule has 0 aliphatic carbocycles. The van der Waals surface area contributed by atoms with Gasteiger partial charge in [-0.1, -0.05) is 77.8 Å². The number of benzene rings is 4. The summed E-state index contributed by atoms with van der Waals surface area (Å²) in [6, 6.07) is 28.5. The molecule has 5 aromatic rings. The highest BCUT2D eigenvalue weighted by Gasteiger charge is 2.19. The number of amides is 1. The Morgan fingerprint density at radius 3 is 2.49 bits per heavy atom. The molecule has 0 saturated heterocycles. The zero-order chi connectivity index (χ0) is 27.2. The Balaban J connectivity index is 1.22.